The largest absolute Gasteiger partial charge is 0.493 e. The molecule has 2 aromatic rings. The lowest BCUT2D eigenvalue weighted by Gasteiger charge is -2.37. The first-order valence-corrected chi connectivity index (χ1v) is 9.96. The highest BCUT2D eigenvalue weighted by molar-refractivity contribution is 5.58. The number of carbonyl (C=O) groups is 1. The van der Waals surface area contributed by atoms with Gasteiger partial charge in [-0.05, 0) is 47.4 Å². The zero-order valence-corrected chi connectivity index (χ0v) is 18.0. The molecule has 1 aliphatic heterocycles. The Morgan fingerprint density at radius 2 is 1.58 bits per heavy atom. The maximum absolute atomic E-state index is 10.9. The molecule has 166 valence electrons. The molecular formula is C23H26O8. The topological polar surface area (TPSA) is 81.7 Å². The van der Waals surface area contributed by atoms with E-state index in [4.69, 9.17) is 33.2 Å². The van der Waals surface area contributed by atoms with Crippen molar-refractivity contribution < 1.29 is 38.0 Å². The fraction of sp³-hybridized carbons (Fsp3) is 0.435. The second kappa shape index (κ2) is 8.93. The van der Waals surface area contributed by atoms with E-state index in [1.807, 2.05) is 24.3 Å². The van der Waals surface area contributed by atoms with Gasteiger partial charge in [-0.25, -0.2) is 0 Å². The van der Waals surface area contributed by atoms with Crippen molar-refractivity contribution in [2.24, 2.45) is 5.92 Å². The van der Waals surface area contributed by atoms with Crippen LogP contribution in [-0.2, 0) is 14.3 Å². The van der Waals surface area contributed by atoms with Crippen molar-refractivity contribution in [3.05, 3.63) is 41.0 Å². The van der Waals surface area contributed by atoms with Crippen molar-refractivity contribution in [1.29, 1.82) is 0 Å². The zero-order chi connectivity index (χ0) is 22.0. The van der Waals surface area contributed by atoms with Crippen LogP contribution in [0, 0.1) is 5.92 Å². The van der Waals surface area contributed by atoms with E-state index in [1.54, 1.807) is 28.4 Å². The molecule has 3 atom stereocenters. The number of fused-ring (bicyclic) bond motifs is 2. The van der Waals surface area contributed by atoms with Crippen LogP contribution in [0.4, 0.5) is 0 Å². The first-order valence-electron chi connectivity index (χ1n) is 9.96. The standard InChI is InChI=1S/C23H26O8/c1-25-20-6-13(7-21(26-2)23(20)28-4)15-5-14(10-29-11-24)22(27-3)17-9-19-18(8-16(15)17)30-12-31-19/h6-9,11,14-15,22H,5,10,12H2,1-4H3/t14?,15-,22-/m1/s1. The van der Waals surface area contributed by atoms with Gasteiger partial charge in [0.05, 0.1) is 34.0 Å². The zero-order valence-electron chi connectivity index (χ0n) is 18.0. The molecule has 1 heterocycles. The van der Waals surface area contributed by atoms with Gasteiger partial charge in [0.1, 0.15) is 0 Å². The molecule has 1 aliphatic carbocycles. The third-order valence-electron chi connectivity index (χ3n) is 5.95. The first kappa shape index (κ1) is 21.1. The summed E-state index contributed by atoms with van der Waals surface area (Å²) >= 11 is 0. The van der Waals surface area contributed by atoms with Crippen LogP contribution >= 0.6 is 0 Å². The smallest absolute Gasteiger partial charge is 0.293 e. The highest BCUT2D eigenvalue weighted by Gasteiger charge is 2.38. The second-order valence-corrected chi connectivity index (χ2v) is 7.43. The van der Waals surface area contributed by atoms with E-state index in [1.165, 1.54) is 0 Å². The lowest BCUT2D eigenvalue weighted by atomic mass is 9.72. The minimum atomic E-state index is -0.247. The fourth-order valence-electron chi connectivity index (χ4n) is 4.58. The van der Waals surface area contributed by atoms with Gasteiger partial charge in [-0.1, -0.05) is 0 Å². The molecule has 2 aromatic carbocycles. The van der Waals surface area contributed by atoms with Crippen LogP contribution < -0.4 is 23.7 Å². The Labute approximate surface area is 180 Å². The van der Waals surface area contributed by atoms with Crippen LogP contribution in [-0.4, -0.2) is 48.3 Å². The Morgan fingerprint density at radius 1 is 0.935 bits per heavy atom. The summed E-state index contributed by atoms with van der Waals surface area (Å²) in [5, 5.41) is 0. The molecule has 0 spiro atoms. The van der Waals surface area contributed by atoms with Crippen LogP contribution in [0.2, 0.25) is 0 Å². The molecule has 0 aromatic heterocycles. The van der Waals surface area contributed by atoms with E-state index in [9.17, 15) is 4.79 Å². The maximum Gasteiger partial charge on any atom is 0.293 e. The lowest BCUT2D eigenvalue weighted by Crippen LogP contribution is -2.29. The molecule has 2 aliphatic rings. The summed E-state index contributed by atoms with van der Waals surface area (Å²) < 4.78 is 38.8. The highest BCUT2D eigenvalue weighted by Crippen LogP contribution is 2.52. The number of hydrogen-bond donors (Lipinski definition) is 0. The summed E-state index contributed by atoms with van der Waals surface area (Å²) in [6.45, 7) is 0.898. The number of hydrogen-bond acceptors (Lipinski definition) is 8. The Hall–Kier alpha value is -3.13. The molecule has 0 saturated carbocycles. The number of ether oxygens (including phenoxy) is 7. The van der Waals surface area contributed by atoms with E-state index in [-0.39, 0.29) is 31.3 Å². The molecule has 0 bridgehead atoms. The molecule has 8 nitrogen and oxygen atoms in total. The summed E-state index contributed by atoms with van der Waals surface area (Å²) in [5.74, 6) is 2.99. The van der Waals surface area contributed by atoms with Crippen molar-refractivity contribution in [2.75, 3.05) is 41.8 Å². The Bertz CT molecular complexity index is 932. The molecular weight excluding hydrogens is 404 g/mol. The molecule has 8 heteroatoms. The summed E-state index contributed by atoms with van der Waals surface area (Å²) in [5.41, 5.74) is 3.03. The van der Waals surface area contributed by atoms with Gasteiger partial charge in [0, 0.05) is 18.9 Å². The molecule has 4 rings (SSSR count). The third-order valence-corrected chi connectivity index (χ3v) is 5.95. The number of benzene rings is 2. The Balaban J connectivity index is 1.86. The van der Waals surface area contributed by atoms with E-state index in [0.717, 1.165) is 16.7 Å². The molecule has 1 unspecified atom stereocenters. The van der Waals surface area contributed by atoms with E-state index in [0.29, 0.717) is 41.6 Å². The van der Waals surface area contributed by atoms with Gasteiger partial charge in [-0.3, -0.25) is 4.79 Å². The highest BCUT2D eigenvalue weighted by atomic mass is 16.7. The van der Waals surface area contributed by atoms with E-state index >= 15 is 0 Å². The lowest BCUT2D eigenvalue weighted by molar-refractivity contribution is -0.132. The predicted octanol–water partition coefficient (Wildman–Crippen LogP) is 3.45. The average Bonchev–Trinajstić information content (AvgIpc) is 3.27. The molecule has 31 heavy (non-hydrogen) atoms. The predicted molar refractivity (Wildman–Crippen MR) is 110 cm³/mol. The first-order chi connectivity index (χ1) is 15.1. The van der Waals surface area contributed by atoms with Crippen LogP contribution in [0.1, 0.15) is 35.1 Å². The van der Waals surface area contributed by atoms with E-state index < -0.39 is 0 Å². The summed E-state index contributed by atoms with van der Waals surface area (Å²) in [6.07, 6.45) is 0.445. The van der Waals surface area contributed by atoms with Crippen molar-refractivity contribution in [1.82, 2.24) is 0 Å². The minimum absolute atomic E-state index is 0.0372. The number of carbonyl (C=O) groups excluding carboxylic acids is 1. The Morgan fingerprint density at radius 3 is 2.13 bits per heavy atom. The van der Waals surface area contributed by atoms with Crippen LogP contribution in [0.15, 0.2) is 24.3 Å². The number of rotatable bonds is 8. The van der Waals surface area contributed by atoms with Gasteiger partial charge in [-0.15, -0.1) is 0 Å². The van der Waals surface area contributed by atoms with Gasteiger partial charge >= 0.3 is 0 Å². The van der Waals surface area contributed by atoms with Crippen molar-refractivity contribution >= 4 is 6.47 Å². The minimum Gasteiger partial charge on any atom is -0.493 e. The van der Waals surface area contributed by atoms with Crippen LogP contribution in [0.3, 0.4) is 0 Å². The van der Waals surface area contributed by atoms with E-state index in [2.05, 4.69) is 0 Å². The summed E-state index contributed by atoms with van der Waals surface area (Å²) in [7, 11) is 6.42. The van der Waals surface area contributed by atoms with Crippen molar-refractivity contribution in [2.45, 2.75) is 18.4 Å². The average molecular weight is 430 g/mol. The molecule has 0 saturated heterocycles. The fourth-order valence-corrected chi connectivity index (χ4v) is 4.58. The molecule has 0 fully saturated rings. The van der Waals surface area contributed by atoms with Gasteiger partial charge in [0.15, 0.2) is 23.0 Å². The normalized spacial score (nSPS) is 21.2. The van der Waals surface area contributed by atoms with Gasteiger partial charge in [0.2, 0.25) is 12.5 Å². The molecule has 0 N–H and O–H groups in total. The number of methoxy groups -OCH3 is 4. The molecule has 0 amide bonds. The molecule has 0 radical (unpaired) electrons. The summed E-state index contributed by atoms with van der Waals surface area (Å²) in [6, 6.07) is 7.87. The van der Waals surface area contributed by atoms with Gasteiger partial charge < -0.3 is 33.2 Å². The Kier molecular flexibility index (Phi) is 6.08. The van der Waals surface area contributed by atoms with Crippen LogP contribution in [0.25, 0.3) is 0 Å². The quantitative estimate of drug-likeness (QED) is 0.589. The SMILES string of the molecule is COc1cc([C@H]2CC(COC=O)[C@@H](OC)c3cc4c(cc32)OCO4)cc(OC)c1OC. The summed E-state index contributed by atoms with van der Waals surface area (Å²) in [4.78, 5) is 10.9. The van der Waals surface area contributed by atoms with Gasteiger partial charge in [0.25, 0.3) is 6.47 Å². The third kappa shape index (κ3) is 3.72. The van der Waals surface area contributed by atoms with Crippen LogP contribution in [0.5, 0.6) is 28.7 Å². The van der Waals surface area contributed by atoms with Crippen molar-refractivity contribution in [3.8, 4) is 28.7 Å². The van der Waals surface area contributed by atoms with Gasteiger partial charge in [-0.2, -0.15) is 0 Å². The maximum atomic E-state index is 10.9. The van der Waals surface area contributed by atoms with Crippen molar-refractivity contribution in [3.63, 3.8) is 0 Å². The monoisotopic (exact) mass is 430 g/mol. The second-order valence-electron chi connectivity index (χ2n) is 7.43.